The van der Waals surface area contributed by atoms with Crippen molar-refractivity contribution >= 4 is 18.0 Å². The Morgan fingerprint density at radius 1 is 1.15 bits per heavy atom. The highest BCUT2D eigenvalue weighted by Gasteiger charge is 2.13. The van der Waals surface area contributed by atoms with Crippen LogP contribution in [0.4, 0.5) is 0 Å². The molecule has 2 N–H and O–H groups in total. The molecule has 27 heavy (non-hydrogen) atoms. The summed E-state index contributed by atoms with van der Waals surface area (Å²) in [7, 11) is 1.52. The van der Waals surface area contributed by atoms with E-state index in [1.165, 1.54) is 18.2 Å². The van der Waals surface area contributed by atoms with Crippen molar-refractivity contribution in [2.75, 3.05) is 20.3 Å². The van der Waals surface area contributed by atoms with E-state index in [9.17, 15) is 9.59 Å². The van der Waals surface area contributed by atoms with Crippen LogP contribution in [0.25, 0.3) is 5.69 Å². The van der Waals surface area contributed by atoms with Crippen molar-refractivity contribution in [2.24, 2.45) is 5.10 Å². The van der Waals surface area contributed by atoms with Gasteiger partial charge in [0.15, 0.2) is 0 Å². The Morgan fingerprint density at radius 3 is 2.56 bits per heavy atom. The van der Waals surface area contributed by atoms with Gasteiger partial charge in [-0.3, -0.25) is 9.59 Å². The molecule has 0 bridgehead atoms. The van der Waals surface area contributed by atoms with Gasteiger partial charge in [0, 0.05) is 36.3 Å². The third-order valence-corrected chi connectivity index (χ3v) is 4.23. The van der Waals surface area contributed by atoms with Gasteiger partial charge in [-0.2, -0.15) is 5.10 Å². The van der Waals surface area contributed by atoms with Crippen LogP contribution in [-0.2, 0) is 14.3 Å². The summed E-state index contributed by atoms with van der Waals surface area (Å²) in [6, 6.07) is 8.31. The van der Waals surface area contributed by atoms with E-state index in [0.717, 1.165) is 22.6 Å². The molecule has 2 rings (SSSR count). The molecule has 0 atom stereocenters. The smallest absolute Gasteiger partial charge is 0.329 e. The van der Waals surface area contributed by atoms with Gasteiger partial charge in [0.25, 0.3) is 0 Å². The number of ether oxygens (including phenoxy) is 1. The first-order valence-electron chi connectivity index (χ1n) is 8.72. The lowest BCUT2D eigenvalue weighted by molar-refractivity contribution is -0.139. The summed E-state index contributed by atoms with van der Waals surface area (Å²) in [5.74, 6) is -1.56. The molecular formula is C20H26N4O3. The number of hydrogen-bond acceptors (Lipinski definition) is 4. The normalized spacial score (nSPS) is 11.0. The lowest BCUT2D eigenvalue weighted by Gasteiger charge is -2.13. The summed E-state index contributed by atoms with van der Waals surface area (Å²) in [5, 5.41) is 6.34. The molecule has 1 heterocycles. The summed E-state index contributed by atoms with van der Waals surface area (Å²) in [4.78, 5) is 23.3. The number of nitrogens with zero attached hydrogens (tertiary/aromatic N) is 2. The van der Waals surface area contributed by atoms with Crippen LogP contribution >= 0.6 is 0 Å². The number of methoxy groups -OCH3 is 1. The van der Waals surface area contributed by atoms with Gasteiger partial charge in [-0.1, -0.05) is 17.7 Å². The van der Waals surface area contributed by atoms with Crippen LogP contribution in [-0.4, -0.2) is 42.9 Å². The zero-order valence-corrected chi connectivity index (χ0v) is 16.4. The first-order valence-corrected chi connectivity index (χ1v) is 8.72. The van der Waals surface area contributed by atoms with Gasteiger partial charge in [-0.05, 0) is 45.4 Å². The second-order valence-corrected chi connectivity index (χ2v) is 6.40. The molecule has 144 valence electrons. The van der Waals surface area contributed by atoms with Gasteiger partial charge < -0.3 is 14.6 Å². The SMILES string of the molecule is COCCNC(=O)C(=O)N/N=C/c1cc(C)n(-c2ccc(C)cc2C)c1C. The molecule has 2 amide bonds. The highest BCUT2D eigenvalue weighted by Crippen LogP contribution is 2.23. The fraction of sp³-hybridized carbons (Fsp3) is 0.350. The quantitative estimate of drug-likeness (QED) is 0.353. The number of amides is 2. The maximum absolute atomic E-state index is 11.7. The first-order chi connectivity index (χ1) is 12.8. The minimum atomic E-state index is -0.814. The van der Waals surface area contributed by atoms with E-state index >= 15 is 0 Å². The summed E-state index contributed by atoms with van der Waals surface area (Å²) in [5.41, 5.74) is 8.68. The van der Waals surface area contributed by atoms with Crippen LogP contribution in [0.5, 0.6) is 0 Å². The molecule has 0 aliphatic carbocycles. The van der Waals surface area contributed by atoms with Crippen molar-refractivity contribution in [2.45, 2.75) is 27.7 Å². The summed E-state index contributed by atoms with van der Waals surface area (Å²) in [6.07, 6.45) is 1.54. The average molecular weight is 370 g/mol. The fourth-order valence-electron chi connectivity index (χ4n) is 2.90. The topological polar surface area (TPSA) is 84.7 Å². The Labute approximate surface area is 159 Å². The first kappa shape index (κ1) is 20.4. The van der Waals surface area contributed by atoms with Gasteiger partial charge in [-0.15, -0.1) is 0 Å². The number of aryl methyl sites for hydroxylation is 3. The number of hydrogen-bond donors (Lipinski definition) is 2. The van der Waals surface area contributed by atoms with E-state index in [1.807, 2.05) is 19.9 Å². The lowest BCUT2D eigenvalue weighted by Crippen LogP contribution is -2.39. The Bertz CT molecular complexity index is 868. The van der Waals surface area contributed by atoms with E-state index in [2.05, 4.69) is 52.5 Å². The zero-order valence-electron chi connectivity index (χ0n) is 16.4. The molecule has 0 saturated carbocycles. The molecular weight excluding hydrogens is 344 g/mol. The Kier molecular flexibility index (Phi) is 6.90. The molecule has 0 unspecified atom stereocenters. The molecule has 0 radical (unpaired) electrons. The third-order valence-electron chi connectivity index (χ3n) is 4.23. The van der Waals surface area contributed by atoms with Crippen molar-refractivity contribution in [3.63, 3.8) is 0 Å². The van der Waals surface area contributed by atoms with E-state index in [4.69, 9.17) is 4.74 Å². The Morgan fingerprint density at radius 2 is 1.89 bits per heavy atom. The van der Waals surface area contributed by atoms with Crippen LogP contribution < -0.4 is 10.7 Å². The second kappa shape index (κ2) is 9.14. The number of rotatable bonds is 6. The number of hydrazone groups is 1. The Hall–Kier alpha value is -2.93. The zero-order chi connectivity index (χ0) is 20.0. The number of benzene rings is 1. The van der Waals surface area contributed by atoms with E-state index < -0.39 is 11.8 Å². The van der Waals surface area contributed by atoms with Crippen LogP contribution in [0.1, 0.15) is 28.1 Å². The number of carbonyl (C=O) groups is 2. The van der Waals surface area contributed by atoms with Crippen LogP contribution in [0.3, 0.4) is 0 Å². The molecule has 0 saturated heterocycles. The van der Waals surface area contributed by atoms with Gasteiger partial charge in [0.2, 0.25) is 0 Å². The lowest BCUT2D eigenvalue weighted by atomic mass is 10.1. The second-order valence-electron chi connectivity index (χ2n) is 6.40. The predicted molar refractivity (Wildman–Crippen MR) is 105 cm³/mol. The molecule has 0 spiro atoms. The molecule has 7 nitrogen and oxygen atoms in total. The third kappa shape index (κ3) is 5.04. The number of aromatic nitrogens is 1. The number of carbonyl (C=O) groups excluding carboxylic acids is 2. The minimum absolute atomic E-state index is 0.267. The molecule has 1 aromatic carbocycles. The van der Waals surface area contributed by atoms with E-state index in [1.54, 1.807) is 6.21 Å². The number of nitrogens with one attached hydrogen (secondary N) is 2. The molecule has 7 heteroatoms. The standard InChI is InChI=1S/C20H26N4O3/c1-13-6-7-18(14(2)10-13)24-15(3)11-17(16(24)4)12-22-23-20(26)19(25)21-8-9-27-5/h6-7,10-12H,8-9H2,1-5H3,(H,21,25)(H,23,26)/b22-12+. The fourth-order valence-corrected chi connectivity index (χ4v) is 2.90. The summed E-state index contributed by atoms with van der Waals surface area (Å²) in [6.45, 7) is 8.77. The van der Waals surface area contributed by atoms with Gasteiger partial charge in [0.1, 0.15) is 0 Å². The summed E-state index contributed by atoms with van der Waals surface area (Å²) < 4.78 is 6.96. The molecule has 2 aromatic rings. The van der Waals surface area contributed by atoms with Crippen LogP contribution in [0.15, 0.2) is 29.4 Å². The van der Waals surface area contributed by atoms with Crippen molar-refractivity contribution in [1.29, 1.82) is 0 Å². The van der Waals surface area contributed by atoms with Crippen molar-refractivity contribution in [3.8, 4) is 5.69 Å². The van der Waals surface area contributed by atoms with Gasteiger partial charge in [0.05, 0.1) is 12.8 Å². The molecule has 0 aliphatic rings. The highest BCUT2D eigenvalue weighted by atomic mass is 16.5. The molecule has 0 fully saturated rings. The molecule has 1 aromatic heterocycles. The maximum Gasteiger partial charge on any atom is 0.329 e. The monoisotopic (exact) mass is 370 g/mol. The summed E-state index contributed by atoms with van der Waals surface area (Å²) >= 11 is 0. The van der Waals surface area contributed by atoms with Crippen molar-refractivity contribution in [1.82, 2.24) is 15.3 Å². The van der Waals surface area contributed by atoms with E-state index in [-0.39, 0.29) is 6.54 Å². The van der Waals surface area contributed by atoms with Gasteiger partial charge >= 0.3 is 11.8 Å². The van der Waals surface area contributed by atoms with Crippen LogP contribution in [0, 0.1) is 27.7 Å². The minimum Gasteiger partial charge on any atom is -0.383 e. The highest BCUT2D eigenvalue weighted by molar-refractivity contribution is 6.35. The largest absolute Gasteiger partial charge is 0.383 e. The maximum atomic E-state index is 11.7. The Balaban J connectivity index is 2.11. The van der Waals surface area contributed by atoms with Gasteiger partial charge in [-0.25, -0.2) is 5.43 Å². The van der Waals surface area contributed by atoms with Crippen LogP contribution in [0.2, 0.25) is 0 Å². The van der Waals surface area contributed by atoms with E-state index in [0.29, 0.717) is 6.61 Å². The molecule has 0 aliphatic heterocycles. The van der Waals surface area contributed by atoms with Crippen molar-refractivity contribution < 1.29 is 14.3 Å². The predicted octanol–water partition coefficient (Wildman–Crippen LogP) is 1.92. The van der Waals surface area contributed by atoms with Crippen molar-refractivity contribution in [3.05, 3.63) is 52.3 Å². The average Bonchev–Trinajstić information content (AvgIpc) is 2.89.